The first-order valence-electron chi connectivity index (χ1n) is 13.8. The summed E-state index contributed by atoms with van der Waals surface area (Å²) in [5.74, 6) is 1.35. The maximum absolute atomic E-state index is 13.3. The molecule has 1 atom stereocenters. The average molecular weight is 572 g/mol. The lowest BCUT2D eigenvalue weighted by Gasteiger charge is -2.34. The van der Waals surface area contributed by atoms with Gasteiger partial charge in [0.25, 0.3) is 5.56 Å². The number of benzene rings is 1. The third-order valence-electron chi connectivity index (χ3n) is 7.30. The van der Waals surface area contributed by atoms with Crippen LogP contribution in [0.25, 0.3) is 10.9 Å². The average Bonchev–Trinajstić information content (AvgIpc) is 3.37. The summed E-state index contributed by atoms with van der Waals surface area (Å²) in [4.78, 5) is 38.3. The molecule has 0 spiro atoms. The number of rotatable bonds is 10. The highest BCUT2D eigenvalue weighted by molar-refractivity contribution is 5.80. The van der Waals surface area contributed by atoms with Gasteiger partial charge in [-0.15, -0.1) is 0 Å². The fourth-order valence-corrected chi connectivity index (χ4v) is 4.95. The van der Waals surface area contributed by atoms with E-state index in [1.165, 1.54) is 17.1 Å². The van der Waals surface area contributed by atoms with Crippen LogP contribution in [0.1, 0.15) is 36.2 Å². The van der Waals surface area contributed by atoms with E-state index in [1.807, 2.05) is 54.0 Å². The van der Waals surface area contributed by atoms with Crippen LogP contribution in [-0.2, 0) is 16.1 Å². The van der Waals surface area contributed by atoms with Gasteiger partial charge in [-0.2, -0.15) is 15.5 Å². The van der Waals surface area contributed by atoms with Gasteiger partial charge in [0.2, 0.25) is 11.9 Å². The Morgan fingerprint density at radius 2 is 1.81 bits per heavy atom. The molecule has 1 unspecified atom stereocenters. The molecule has 1 aliphatic rings. The van der Waals surface area contributed by atoms with Gasteiger partial charge in [0.15, 0.2) is 0 Å². The van der Waals surface area contributed by atoms with Crippen molar-refractivity contribution in [3.63, 3.8) is 0 Å². The summed E-state index contributed by atoms with van der Waals surface area (Å²) in [6.07, 6.45) is 4.95. The predicted octanol–water partition coefficient (Wildman–Crippen LogP) is 1.94. The number of aromatic nitrogens is 6. The number of aryl methyl sites for hydroxylation is 1. The molecule has 0 N–H and O–H groups in total. The largest absolute Gasteiger partial charge is 0.497 e. The smallest absolute Gasteiger partial charge is 0.278 e. The topological polar surface area (TPSA) is 144 Å². The Labute approximate surface area is 242 Å². The minimum Gasteiger partial charge on any atom is -0.497 e. The number of piperazine rings is 1. The Morgan fingerprint density at radius 1 is 1.10 bits per heavy atom. The zero-order chi connectivity index (χ0) is 29.6. The number of hydrogen-bond acceptors (Lipinski definition) is 10. The Kier molecular flexibility index (Phi) is 8.73. The minimum atomic E-state index is -0.198. The van der Waals surface area contributed by atoms with E-state index in [4.69, 9.17) is 14.7 Å². The van der Waals surface area contributed by atoms with E-state index in [-0.39, 0.29) is 30.5 Å². The van der Waals surface area contributed by atoms with Crippen LogP contribution in [0.5, 0.6) is 5.75 Å². The number of methoxy groups -OCH3 is 1. The molecule has 0 radical (unpaired) electrons. The summed E-state index contributed by atoms with van der Waals surface area (Å²) in [5, 5.41) is 18.5. The predicted molar refractivity (Wildman–Crippen MR) is 154 cm³/mol. The number of nitriles is 1. The van der Waals surface area contributed by atoms with E-state index < -0.39 is 0 Å². The zero-order valence-corrected chi connectivity index (χ0v) is 23.9. The van der Waals surface area contributed by atoms with Crippen molar-refractivity contribution in [1.29, 1.82) is 5.26 Å². The van der Waals surface area contributed by atoms with Crippen LogP contribution in [0.4, 0.5) is 5.95 Å². The molecule has 1 amide bonds. The molecule has 5 rings (SSSR count). The van der Waals surface area contributed by atoms with Crippen molar-refractivity contribution >= 4 is 22.8 Å². The SMILES string of the molecule is COc1ccc(Cn2ncc3c(c(C)nn3C(C)COCCC(=O)N3CCN(c4ncc(C#N)cn4)CC3)c2=O)cc1. The van der Waals surface area contributed by atoms with E-state index in [2.05, 4.69) is 20.2 Å². The van der Waals surface area contributed by atoms with Crippen LogP contribution >= 0.6 is 0 Å². The molecule has 1 fully saturated rings. The molecule has 3 aromatic heterocycles. The van der Waals surface area contributed by atoms with Gasteiger partial charge in [0, 0.05) is 26.2 Å². The highest BCUT2D eigenvalue weighted by Crippen LogP contribution is 2.19. The van der Waals surface area contributed by atoms with Gasteiger partial charge in [-0.05, 0) is 31.5 Å². The molecular formula is C29H33N9O4. The minimum absolute atomic E-state index is 0.0324. The second-order valence-electron chi connectivity index (χ2n) is 10.2. The van der Waals surface area contributed by atoms with Gasteiger partial charge in [-0.1, -0.05) is 12.1 Å². The Hall–Kier alpha value is -4.83. The van der Waals surface area contributed by atoms with E-state index in [1.54, 1.807) is 18.0 Å². The van der Waals surface area contributed by atoms with E-state index in [0.29, 0.717) is 67.4 Å². The number of hydrogen-bond donors (Lipinski definition) is 0. The first-order chi connectivity index (χ1) is 20.4. The van der Waals surface area contributed by atoms with Gasteiger partial charge >= 0.3 is 0 Å². The molecule has 0 aliphatic carbocycles. The first kappa shape index (κ1) is 28.7. The Bertz CT molecular complexity index is 1630. The molecule has 0 saturated carbocycles. The number of amides is 1. The monoisotopic (exact) mass is 571 g/mol. The van der Waals surface area contributed by atoms with Crippen LogP contribution in [0.15, 0.2) is 47.7 Å². The van der Waals surface area contributed by atoms with Crippen molar-refractivity contribution in [2.45, 2.75) is 32.9 Å². The summed E-state index contributed by atoms with van der Waals surface area (Å²) in [6.45, 7) is 7.12. The van der Waals surface area contributed by atoms with Crippen molar-refractivity contribution in [3.8, 4) is 11.8 Å². The van der Waals surface area contributed by atoms with Gasteiger partial charge in [-0.25, -0.2) is 14.6 Å². The molecule has 13 heteroatoms. The van der Waals surface area contributed by atoms with Gasteiger partial charge < -0.3 is 19.3 Å². The van der Waals surface area contributed by atoms with E-state index in [0.717, 1.165) is 11.3 Å². The van der Waals surface area contributed by atoms with Gasteiger partial charge in [0.05, 0.1) is 80.1 Å². The highest BCUT2D eigenvalue weighted by atomic mass is 16.5. The zero-order valence-electron chi connectivity index (χ0n) is 23.9. The standard InChI is InChI=1S/C29H33N9O4/c1-20(19-42-13-8-26(39)35-9-11-36(12-10-35)29-31-15-23(14-30)16-32-29)38-25-17-33-37(28(40)27(25)21(2)34-38)18-22-4-6-24(41-3)7-5-22/h4-7,15-17,20H,8-13,18-19H2,1-3H3. The number of ether oxygens (including phenoxy) is 2. The first-order valence-corrected chi connectivity index (χ1v) is 13.8. The number of carbonyl (C=O) groups excluding carboxylic acids is 1. The Balaban J connectivity index is 1.12. The van der Waals surface area contributed by atoms with Crippen LogP contribution in [0, 0.1) is 18.3 Å². The van der Waals surface area contributed by atoms with Crippen LogP contribution in [0.2, 0.25) is 0 Å². The maximum Gasteiger partial charge on any atom is 0.278 e. The molecule has 4 heterocycles. The van der Waals surface area contributed by atoms with Crippen LogP contribution in [0.3, 0.4) is 0 Å². The molecule has 13 nitrogen and oxygen atoms in total. The molecule has 1 saturated heterocycles. The Morgan fingerprint density at radius 3 is 2.48 bits per heavy atom. The molecule has 1 aliphatic heterocycles. The maximum atomic E-state index is 13.3. The number of nitrogens with zero attached hydrogens (tertiary/aromatic N) is 9. The second kappa shape index (κ2) is 12.8. The number of anilines is 1. The van der Waals surface area contributed by atoms with Crippen molar-refractivity contribution < 1.29 is 14.3 Å². The van der Waals surface area contributed by atoms with E-state index >= 15 is 0 Å². The third kappa shape index (κ3) is 6.23. The van der Waals surface area contributed by atoms with Crippen LogP contribution in [-0.4, -0.2) is 86.8 Å². The lowest BCUT2D eigenvalue weighted by molar-refractivity contribution is -0.132. The number of fused-ring (bicyclic) bond motifs is 1. The molecule has 0 bridgehead atoms. The lowest BCUT2D eigenvalue weighted by atomic mass is 10.2. The molecule has 42 heavy (non-hydrogen) atoms. The second-order valence-corrected chi connectivity index (χ2v) is 10.2. The summed E-state index contributed by atoms with van der Waals surface area (Å²) in [5.41, 5.74) is 2.44. The summed E-state index contributed by atoms with van der Waals surface area (Å²) in [6, 6.07) is 9.37. The molecular weight excluding hydrogens is 538 g/mol. The molecule has 218 valence electrons. The summed E-state index contributed by atoms with van der Waals surface area (Å²) < 4.78 is 14.3. The highest BCUT2D eigenvalue weighted by Gasteiger charge is 2.23. The number of carbonyl (C=O) groups is 1. The van der Waals surface area contributed by atoms with Gasteiger partial charge in [0.1, 0.15) is 11.8 Å². The lowest BCUT2D eigenvalue weighted by Crippen LogP contribution is -2.49. The van der Waals surface area contributed by atoms with Crippen molar-refractivity contribution in [3.05, 3.63) is 70.0 Å². The molecule has 1 aromatic carbocycles. The van der Waals surface area contributed by atoms with Gasteiger partial charge in [-0.3, -0.25) is 14.3 Å². The molecule has 4 aromatic rings. The third-order valence-corrected chi connectivity index (χ3v) is 7.30. The van der Waals surface area contributed by atoms with Crippen LogP contribution < -0.4 is 15.2 Å². The fraction of sp³-hybridized carbons (Fsp3) is 0.414. The fourth-order valence-electron chi connectivity index (χ4n) is 4.95. The quantitative estimate of drug-likeness (QED) is 0.259. The summed E-state index contributed by atoms with van der Waals surface area (Å²) >= 11 is 0. The van der Waals surface area contributed by atoms with Crippen molar-refractivity contribution in [1.82, 2.24) is 34.4 Å². The van der Waals surface area contributed by atoms with E-state index in [9.17, 15) is 9.59 Å². The van der Waals surface area contributed by atoms with Crippen molar-refractivity contribution in [2.24, 2.45) is 0 Å². The normalized spacial score (nSPS) is 14.1. The van der Waals surface area contributed by atoms with Crippen molar-refractivity contribution in [2.75, 3.05) is 51.4 Å². The summed E-state index contributed by atoms with van der Waals surface area (Å²) in [7, 11) is 1.61.